The van der Waals surface area contributed by atoms with E-state index < -0.39 is 0 Å². The van der Waals surface area contributed by atoms with Crippen LogP contribution in [0.25, 0.3) is 0 Å². The Balaban J connectivity index is 1.76. The zero-order valence-corrected chi connectivity index (χ0v) is 9.35. The lowest BCUT2D eigenvalue weighted by Crippen LogP contribution is -2.34. The van der Waals surface area contributed by atoms with Gasteiger partial charge in [0.1, 0.15) is 0 Å². The van der Waals surface area contributed by atoms with Crippen molar-refractivity contribution in [2.24, 2.45) is 5.92 Å². The molecule has 1 unspecified atom stereocenters. The highest BCUT2D eigenvalue weighted by atomic mass is 32.1. The zero-order valence-electron chi connectivity index (χ0n) is 8.53. The van der Waals surface area contributed by atoms with Crippen molar-refractivity contribution in [3.8, 4) is 0 Å². The zero-order chi connectivity index (χ0) is 9.80. The Labute approximate surface area is 89.3 Å². The smallest absolute Gasteiger partial charge is 0.0618 e. The summed E-state index contributed by atoms with van der Waals surface area (Å²) in [6.07, 6.45) is 2.73. The molecule has 1 aliphatic rings. The molecule has 14 heavy (non-hydrogen) atoms. The molecule has 0 saturated heterocycles. The fraction of sp³-hybridized carbons (Fsp3) is 0.636. The van der Waals surface area contributed by atoms with Gasteiger partial charge in [-0.3, -0.25) is 0 Å². The van der Waals surface area contributed by atoms with Crippen LogP contribution in [0.2, 0.25) is 0 Å². The third-order valence-electron chi connectivity index (χ3n) is 2.66. The van der Waals surface area contributed by atoms with Gasteiger partial charge in [0.15, 0.2) is 0 Å². The molecule has 0 aromatic carbocycles. The van der Waals surface area contributed by atoms with Crippen molar-refractivity contribution in [1.29, 1.82) is 0 Å². The van der Waals surface area contributed by atoms with E-state index in [1.165, 1.54) is 17.7 Å². The number of methoxy groups -OCH3 is 1. The summed E-state index contributed by atoms with van der Waals surface area (Å²) in [6.45, 7) is 1.83. The molecule has 3 heteroatoms. The highest BCUT2D eigenvalue weighted by Gasteiger charge is 2.30. The van der Waals surface area contributed by atoms with Gasteiger partial charge in [-0.25, -0.2) is 0 Å². The average Bonchev–Trinajstić information content (AvgIpc) is 2.90. The lowest BCUT2D eigenvalue weighted by atomic mass is 10.2. The molecule has 0 bridgehead atoms. The molecule has 0 radical (unpaired) electrons. The van der Waals surface area contributed by atoms with Crippen LogP contribution >= 0.6 is 11.3 Å². The molecule has 1 N–H and O–H groups in total. The first-order valence-corrected chi connectivity index (χ1v) is 6.03. The van der Waals surface area contributed by atoms with Crippen LogP contribution in [0.15, 0.2) is 17.5 Å². The second kappa shape index (κ2) is 4.91. The Kier molecular flexibility index (Phi) is 3.56. The number of thiophene rings is 1. The van der Waals surface area contributed by atoms with Crippen LogP contribution in [0.1, 0.15) is 17.7 Å². The summed E-state index contributed by atoms with van der Waals surface area (Å²) < 4.78 is 5.22. The highest BCUT2D eigenvalue weighted by molar-refractivity contribution is 7.09. The van der Waals surface area contributed by atoms with Crippen molar-refractivity contribution in [1.82, 2.24) is 5.32 Å². The third-order valence-corrected chi connectivity index (χ3v) is 3.53. The monoisotopic (exact) mass is 211 g/mol. The summed E-state index contributed by atoms with van der Waals surface area (Å²) in [5, 5.41) is 5.69. The first-order valence-electron chi connectivity index (χ1n) is 5.15. The Morgan fingerprint density at radius 1 is 1.64 bits per heavy atom. The predicted molar refractivity (Wildman–Crippen MR) is 59.5 cm³/mol. The number of hydrogen-bond acceptors (Lipinski definition) is 3. The third kappa shape index (κ3) is 2.80. The van der Waals surface area contributed by atoms with Crippen molar-refractivity contribution >= 4 is 11.3 Å². The van der Waals surface area contributed by atoms with Crippen molar-refractivity contribution in [2.45, 2.75) is 25.4 Å². The van der Waals surface area contributed by atoms with E-state index in [4.69, 9.17) is 4.74 Å². The summed E-state index contributed by atoms with van der Waals surface area (Å²) in [5.41, 5.74) is 0. The molecule has 1 heterocycles. The van der Waals surface area contributed by atoms with Gasteiger partial charge in [0.05, 0.1) is 6.61 Å². The van der Waals surface area contributed by atoms with Gasteiger partial charge in [0, 0.05) is 24.6 Å². The summed E-state index contributed by atoms with van der Waals surface area (Å²) in [6, 6.07) is 4.83. The van der Waals surface area contributed by atoms with Crippen LogP contribution in [-0.4, -0.2) is 19.8 Å². The Morgan fingerprint density at radius 2 is 2.50 bits per heavy atom. The molecule has 78 valence electrons. The summed E-state index contributed by atoms with van der Waals surface area (Å²) in [7, 11) is 1.78. The number of nitrogens with one attached hydrogen (secondary N) is 1. The maximum absolute atomic E-state index is 5.22. The quantitative estimate of drug-likeness (QED) is 0.779. The van der Waals surface area contributed by atoms with Gasteiger partial charge < -0.3 is 10.1 Å². The van der Waals surface area contributed by atoms with Gasteiger partial charge in [-0.15, -0.1) is 11.3 Å². The van der Waals surface area contributed by atoms with Gasteiger partial charge in [-0.2, -0.15) is 0 Å². The van der Waals surface area contributed by atoms with E-state index in [0.29, 0.717) is 6.04 Å². The SMILES string of the molecule is COCC(NCc1cccs1)C1CC1. The van der Waals surface area contributed by atoms with Crippen molar-refractivity contribution in [2.75, 3.05) is 13.7 Å². The number of rotatable bonds is 6. The second-order valence-electron chi connectivity index (χ2n) is 3.86. The van der Waals surface area contributed by atoms with E-state index in [2.05, 4.69) is 22.8 Å². The highest BCUT2D eigenvalue weighted by Crippen LogP contribution is 2.32. The minimum Gasteiger partial charge on any atom is -0.383 e. The van der Waals surface area contributed by atoms with Crippen LogP contribution in [0.3, 0.4) is 0 Å². The molecule has 1 aromatic rings. The molecule has 1 saturated carbocycles. The van der Waals surface area contributed by atoms with Crippen molar-refractivity contribution < 1.29 is 4.74 Å². The van der Waals surface area contributed by atoms with Gasteiger partial charge in [0.25, 0.3) is 0 Å². The molecule has 0 spiro atoms. The number of ether oxygens (including phenoxy) is 1. The molecule has 1 atom stereocenters. The van der Waals surface area contributed by atoms with E-state index in [1.54, 1.807) is 7.11 Å². The maximum atomic E-state index is 5.22. The predicted octanol–water partition coefficient (Wildman–Crippen LogP) is 2.26. The Bertz CT molecular complexity index is 256. The van der Waals surface area contributed by atoms with E-state index in [0.717, 1.165) is 19.1 Å². The lowest BCUT2D eigenvalue weighted by Gasteiger charge is -2.16. The largest absolute Gasteiger partial charge is 0.383 e. The van der Waals surface area contributed by atoms with Crippen LogP contribution in [0, 0.1) is 5.92 Å². The standard InChI is InChI=1S/C11H17NOS/c1-13-8-11(9-4-5-9)12-7-10-3-2-6-14-10/h2-3,6,9,11-12H,4-5,7-8H2,1H3. The van der Waals surface area contributed by atoms with E-state index in [9.17, 15) is 0 Å². The Morgan fingerprint density at radius 3 is 3.07 bits per heavy atom. The molecular weight excluding hydrogens is 194 g/mol. The van der Waals surface area contributed by atoms with Crippen LogP contribution in [-0.2, 0) is 11.3 Å². The van der Waals surface area contributed by atoms with Gasteiger partial charge in [-0.05, 0) is 30.2 Å². The van der Waals surface area contributed by atoms with Gasteiger partial charge >= 0.3 is 0 Å². The molecule has 1 aromatic heterocycles. The van der Waals surface area contributed by atoms with E-state index in [-0.39, 0.29) is 0 Å². The molecule has 1 aliphatic carbocycles. The van der Waals surface area contributed by atoms with Crippen LogP contribution in [0.5, 0.6) is 0 Å². The van der Waals surface area contributed by atoms with Gasteiger partial charge in [-0.1, -0.05) is 6.07 Å². The molecule has 0 amide bonds. The summed E-state index contributed by atoms with van der Waals surface area (Å²) >= 11 is 1.81. The topological polar surface area (TPSA) is 21.3 Å². The van der Waals surface area contributed by atoms with Crippen molar-refractivity contribution in [3.05, 3.63) is 22.4 Å². The summed E-state index contributed by atoms with van der Waals surface area (Å²) in [4.78, 5) is 1.41. The Hall–Kier alpha value is -0.380. The van der Waals surface area contributed by atoms with Crippen molar-refractivity contribution in [3.63, 3.8) is 0 Å². The van der Waals surface area contributed by atoms with Crippen LogP contribution in [0.4, 0.5) is 0 Å². The van der Waals surface area contributed by atoms with Crippen LogP contribution < -0.4 is 5.32 Å². The average molecular weight is 211 g/mol. The second-order valence-corrected chi connectivity index (χ2v) is 4.89. The first-order chi connectivity index (χ1) is 6.90. The molecular formula is C11H17NOS. The normalized spacial score (nSPS) is 18.4. The lowest BCUT2D eigenvalue weighted by molar-refractivity contribution is 0.157. The fourth-order valence-electron chi connectivity index (χ4n) is 1.68. The van der Waals surface area contributed by atoms with E-state index >= 15 is 0 Å². The fourth-order valence-corrected chi connectivity index (χ4v) is 2.34. The maximum Gasteiger partial charge on any atom is 0.0618 e. The molecule has 1 fully saturated rings. The number of hydrogen-bond donors (Lipinski definition) is 1. The summed E-state index contributed by atoms with van der Waals surface area (Å²) in [5.74, 6) is 0.856. The minimum absolute atomic E-state index is 0.558. The first kappa shape index (κ1) is 10.1. The molecule has 0 aliphatic heterocycles. The molecule has 2 rings (SSSR count). The minimum atomic E-state index is 0.558. The molecule has 2 nitrogen and oxygen atoms in total. The van der Waals surface area contributed by atoms with E-state index in [1.807, 2.05) is 11.3 Å². The van der Waals surface area contributed by atoms with Gasteiger partial charge in [0.2, 0.25) is 0 Å².